The lowest BCUT2D eigenvalue weighted by Gasteiger charge is -2.43. The number of ether oxygens (including phenoxy) is 2. The van der Waals surface area contributed by atoms with E-state index in [4.69, 9.17) is 14.1 Å². The van der Waals surface area contributed by atoms with Gasteiger partial charge >= 0.3 is 7.12 Å². The van der Waals surface area contributed by atoms with Crippen LogP contribution in [0.1, 0.15) is 62.5 Å². The van der Waals surface area contributed by atoms with Gasteiger partial charge in [0, 0.05) is 13.2 Å². The van der Waals surface area contributed by atoms with Crippen LogP contribution in [-0.2, 0) is 19.0 Å². The Morgan fingerprint density at radius 2 is 1.84 bits per heavy atom. The first kappa shape index (κ1) is 32.3. The minimum absolute atomic E-state index is 0.0145. The molecule has 1 saturated carbocycles. The van der Waals surface area contributed by atoms with Crippen LogP contribution < -0.4 is 4.74 Å². The number of rotatable bonds is 9. The zero-order chi connectivity index (χ0) is 31.7. The average Bonchev–Trinajstić information content (AvgIpc) is 3.30. The predicted molar refractivity (Wildman–Crippen MR) is 181 cm³/mol. The third-order valence-corrected chi connectivity index (χ3v) is 10.9. The van der Waals surface area contributed by atoms with Crippen LogP contribution in [0.25, 0.3) is 11.6 Å². The molecule has 2 aliphatic carbocycles. The van der Waals surface area contributed by atoms with Gasteiger partial charge in [-0.15, -0.1) is 0 Å². The van der Waals surface area contributed by atoms with E-state index in [2.05, 4.69) is 40.8 Å². The van der Waals surface area contributed by atoms with E-state index in [1.807, 2.05) is 30.3 Å². The van der Waals surface area contributed by atoms with Crippen molar-refractivity contribution in [2.75, 3.05) is 20.8 Å². The Morgan fingerprint density at radius 1 is 1.09 bits per heavy atom. The number of halogens is 1. The highest BCUT2D eigenvalue weighted by molar-refractivity contribution is 14.1. The summed E-state index contributed by atoms with van der Waals surface area (Å²) in [5.74, 6) is -0.726. The summed E-state index contributed by atoms with van der Waals surface area (Å²) >= 11 is 2.10. The van der Waals surface area contributed by atoms with Crippen molar-refractivity contribution in [2.45, 2.75) is 69.8 Å². The summed E-state index contributed by atoms with van der Waals surface area (Å²) in [6.45, 7) is 0.364. The minimum Gasteiger partial charge on any atom is -0.504 e. The normalized spacial score (nSPS) is 25.9. The SMILES string of the molecule is COCC1=C2[C@@H](CC/C(=C/c3cc(I)c(O)c(OC)c3)c3ccccc3)OB(O)C[C@@H]2[C@@H]2C(=O)N(C3CCCCC3)C(=O)[C@@H]2C1. The molecular formula is C35H41BINO7. The average molecular weight is 725 g/mol. The van der Waals surface area contributed by atoms with E-state index in [0.717, 1.165) is 60.0 Å². The van der Waals surface area contributed by atoms with Gasteiger partial charge in [0.2, 0.25) is 11.8 Å². The largest absolute Gasteiger partial charge is 0.504 e. The number of amides is 2. The fourth-order valence-electron chi connectivity index (χ4n) is 8.07. The maximum Gasteiger partial charge on any atom is 0.455 e. The molecule has 2 saturated heterocycles. The van der Waals surface area contributed by atoms with Gasteiger partial charge in [-0.25, -0.2) is 0 Å². The highest BCUT2D eigenvalue weighted by atomic mass is 127. The number of likely N-dealkylation sites (tertiary alicyclic amines) is 1. The van der Waals surface area contributed by atoms with Crippen molar-refractivity contribution in [3.8, 4) is 11.5 Å². The van der Waals surface area contributed by atoms with Crippen LogP contribution in [0.5, 0.6) is 11.5 Å². The number of phenolic OH excluding ortho intramolecular Hbond substituents is 1. The second-order valence-corrected chi connectivity index (χ2v) is 13.9. The monoisotopic (exact) mass is 725 g/mol. The van der Waals surface area contributed by atoms with Crippen molar-refractivity contribution in [1.82, 2.24) is 4.90 Å². The molecule has 8 nitrogen and oxygen atoms in total. The molecule has 0 radical (unpaired) electrons. The standard InChI is InChI=1S/C35H41BINO7/c1-43-20-24-18-26-32(35(41)38(34(26)40)25-11-7-4-8-12-25)27-19-36(42)45-29(31(24)27)14-13-23(22-9-5-3-6-10-22)15-21-16-28(37)33(39)30(17-21)44-2/h3,5-6,9-10,15-17,25-27,29,32,39,42H,4,7-8,11-14,18-20H2,1-2H3/b23-15-/t26-,27+,29-,32-/m1/s1. The van der Waals surface area contributed by atoms with E-state index < -0.39 is 25.1 Å². The Kier molecular flexibility index (Phi) is 10.0. The topological polar surface area (TPSA) is 106 Å². The van der Waals surface area contributed by atoms with Gasteiger partial charge in [0.1, 0.15) is 0 Å². The number of phenols is 1. The van der Waals surface area contributed by atoms with E-state index in [1.54, 1.807) is 12.0 Å². The van der Waals surface area contributed by atoms with Gasteiger partial charge in [0.15, 0.2) is 11.5 Å². The molecule has 2 heterocycles. The number of benzene rings is 2. The zero-order valence-electron chi connectivity index (χ0n) is 25.9. The summed E-state index contributed by atoms with van der Waals surface area (Å²) in [6, 6.07) is 13.8. The molecule has 0 aromatic heterocycles. The van der Waals surface area contributed by atoms with Crippen LogP contribution >= 0.6 is 22.6 Å². The second-order valence-electron chi connectivity index (χ2n) is 12.7. The van der Waals surface area contributed by atoms with Crippen LogP contribution in [0.15, 0.2) is 53.6 Å². The first-order valence-electron chi connectivity index (χ1n) is 16.0. The summed E-state index contributed by atoms with van der Waals surface area (Å²) in [6.07, 6.45) is 8.66. The number of allylic oxidation sites excluding steroid dienone is 1. The number of fused-ring (bicyclic) bond motifs is 3. The Hall–Kier alpha value is -2.67. The molecule has 2 amide bonds. The molecule has 0 unspecified atom stereocenters. The quantitative estimate of drug-likeness (QED) is 0.106. The van der Waals surface area contributed by atoms with Crippen molar-refractivity contribution >= 4 is 53.2 Å². The molecule has 6 rings (SSSR count). The van der Waals surface area contributed by atoms with Crippen LogP contribution in [-0.4, -0.2) is 66.9 Å². The van der Waals surface area contributed by atoms with Gasteiger partial charge in [-0.3, -0.25) is 14.5 Å². The predicted octanol–water partition coefficient (Wildman–Crippen LogP) is 6.10. The molecule has 3 fully saturated rings. The number of hydrogen-bond donors (Lipinski definition) is 2. The van der Waals surface area contributed by atoms with Crippen molar-refractivity contribution in [2.24, 2.45) is 17.8 Å². The van der Waals surface area contributed by atoms with E-state index in [9.17, 15) is 19.7 Å². The lowest BCUT2D eigenvalue weighted by atomic mass is 9.58. The molecule has 238 valence electrons. The second kappa shape index (κ2) is 14.0. The molecule has 45 heavy (non-hydrogen) atoms. The number of carbonyl (C=O) groups excluding carboxylic acids is 2. The first-order chi connectivity index (χ1) is 21.8. The molecule has 0 bridgehead atoms. The molecule has 10 heteroatoms. The van der Waals surface area contributed by atoms with E-state index in [0.29, 0.717) is 41.5 Å². The van der Waals surface area contributed by atoms with E-state index in [1.165, 1.54) is 7.11 Å². The smallest absolute Gasteiger partial charge is 0.455 e. The number of methoxy groups -OCH3 is 2. The van der Waals surface area contributed by atoms with Gasteiger partial charge < -0.3 is 24.3 Å². The van der Waals surface area contributed by atoms with Gasteiger partial charge in [-0.05, 0) is 107 Å². The lowest BCUT2D eigenvalue weighted by Crippen LogP contribution is -2.47. The van der Waals surface area contributed by atoms with Gasteiger partial charge in [-0.2, -0.15) is 0 Å². The molecule has 2 aromatic rings. The molecule has 2 N–H and O–H groups in total. The van der Waals surface area contributed by atoms with Crippen LogP contribution in [0.3, 0.4) is 0 Å². The molecule has 0 spiro atoms. The Labute approximate surface area is 279 Å². The van der Waals surface area contributed by atoms with Gasteiger partial charge in [0.05, 0.1) is 35.2 Å². The fraction of sp³-hybridized carbons (Fsp3) is 0.486. The maximum atomic E-state index is 14.0. The van der Waals surface area contributed by atoms with Crippen molar-refractivity contribution < 1.29 is 33.8 Å². The third kappa shape index (κ3) is 6.48. The molecule has 2 aromatic carbocycles. The maximum absolute atomic E-state index is 14.0. The number of imide groups is 1. The van der Waals surface area contributed by atoms with Gasteiger partial charge in [0.25, 0.3) is 0 Å². The molecular weight excluding hydrogens is 684 g/mol. The number of nitrogens with zero attached hydrogens (tertiary/aromatic N) is 1. The number of hydrogen-bond acceptors (Lipinski definition) is 7. The summed E-state index contributed by atoms with van der Waals surface area (Å²) < 4.78 is 18.0. The van der Waals surface area contributed by atoms with Crippen molar-refractivity contribution in [3.05, 3.63) is 68.3 Å². The van der Waals surface area contributed by atoms with Gasteiger partial charge in [-0.1, -0.05) is 55.7 Å². The summed E-state index contributed by atoms with van der Waals surface area (Å²) in [5, 5.41) is 21.4. The zero-order valence-corrected chi connectivity index (χ0v) is 28.1. The summed E-state index contributed by atoms with van der Waals surface area (Å²) in [7, 11) is 2.17. The Morgan fingerprint density at radius 3 is 2.56 bits per heavy atom. The number of carbonyl (C=O) groups is 2. The highest BCUT2D eigenvalue weighted by Crippen LogP contribution is 2.51. The van der Waals surface area contributed by atoms with E-state index in [-0.39, 0.29) is 29.5 Å². The van der Waals surface area contributed by atoms with Crippen LogP contribution in [0.4, 0.5) is 0 Å². The number of aromatic hydroxyl groups is 1. The third-order valence-electron chi connectivity index (χ3n) is 10.0. The fourth-order valence-corrected chi connectivity index (χ4v) is 8.69. The summed E-state index contributed by atoms with van der Waals surface area (Å²) in [4.78, 5) is 29.4. The van der Waals surface area contributed by atoms with Crippen molar-refractivity contribution in [3.63, 3.8) is 0 Å². The van der Waals surface area contributed by atoms with Crippen LogP contribution in [0.2, 0.25) is 6.32 Å². The summed E-state index contributed by atoms with van der Waals surface area (Å²) in [5.41, 5.74) is 5.08. The van der Waals surface area contributed by atoms with E-state index >= 15 is 0 Å². The lowest BCUT2D eigenvalue weighted by molar-refractivity contribution is -0.143. The molecule has 2 aliphatic heterocycles. The Bertz CT molecular complexity index is 1490. The van der Waals surface area contributed by atoms with Crippen LogP contribution in [0, 0.1) is 21.3 Å². The molecule has 4 atom stereocenters. The highest BCUT2D eigenvalue weighted by Gasteiger charge is 2.58. The first-order valence-corrected chi connectivity index (χ1v) is 17.1. The Balaban J connectivity index is 1.32. The van der Waals surface area contributed by atoms with Crippen molar-refractivity contribution in [1.29, 1.82) is 0 Å². The minimum atomic E-state index is -1.02. The molecule has 4 aliphatic rings.